The van der Waals surface area contributed by atoms with Crippen LogP contribution in [0.25, 0.3) is 5.69 Å². The van der Waals surface area contributed by atoms with Crippen molar-refractivity contribution in [3.05, 3.63) is 65.0 Å². The fraction of sp³-hybridized carbons (Fsp3) is 0.211. The molecule has 0 atom stereocenters. The molecule has 136 valence electrons. The molecule has 27 heavy (non-hydrogen) atoms. The monoisotopic (exact) mass is 363 g/mol. The predicted molar refractivity (Wildman–Crippen MR) is 99.5 cm³/mol. The van der Waals surface area contributed by atoms with Crippen molar-refractivity contribution in [2.45, 2.75) is 20.0 Å². The molecule has 1 aliphatic rings. The number of carbonyl (C=O) groups is 1. The van der Waals surface area contributed by atoms with Crippen LogP contribution in [0.15, 0.2) is 42.5 Å². The first-order valence-electron chi connectivity index (χ1n) is 8.58. The molecule has 0 unspecified atom stereocenters. The Kier molecular flexibility index (Phi) is 4.51. The Morgan fingerprint density at radius 1 is 1.30 bits per heavy atom. The third-order valence-corrected chi connectivity index (χ3v) is 4.71. The molecular formula is C19H18BN3O4. The van der Waals surface area contributed by atoms with Gasteiger partial charge >= 0.3 is 7.12 Å². The number of hydrogen-bond donors (Lipinski definition) is 1. The molecule has 7 nitrogen and oxygen atoms in total. The van der Waals surface area contributed by atoms with Crippen LogP contribution >= 0.6 is 0 Å². The Hall–Kier alpha value is -2.97. The molecule has 2 heterocycles. The number of aromatic nitrogens is 3. The Morgan fingerprint density at radius 2 is 2.07 bits per heavy atom. The van der Waals surface area contributed by atoms with E-state index in [0.29, 0.717) is 18.0 Å². The molecule has 0 amide bonds. The number of benzene rings is 2. The summed E-state index contributed by atoms with van der Waals surface area (Å²) < 4.78 is 12.0. The summed E-state index contributed by atoms with van der Waals surface area (Å²) in [6.45, 7) is 2.21. The van der Waals surface area contributed by atoms with Crippen molar-refractivity contribution in [3.63, 3.8) is 0 Å². The van der Waals surface area contributed by atoms with Gasteiger partial charge in [-0.25, -0.2) is 4.68 Å². The van der Waals surface area contributed by atoms with Gasteiger partial charge in [0.25, 0.3) is 0 Å². The van der Waals surface area contributed by atoms with Gasteiger partial charge in [0.15, 0.2) is 11.5 Å². The zero-order valence-corrected chi connectivity index (χ0v) is 15.0. The number of Topliss-reactive ketones (excluding diaryl/α,β-unsaturated/α-hetero) is 1. The molecule has 1 aromatic heterocycles. The van der Waals surface area contributed by atoms with Crippen molar-refractivity contribution in [1.82, 2.24) is 15.0 Å². The van der Waals surface area contributed by atoms with E-state index in [-0.39, 0.29) is 12.2 Å². The molecule has 4 rings (SSSR count). The van der Waals surface area contributed by atoms with Gasteiger partial charge in [-0.05, 0) is 47.8 Å². The minimum Gasteiger partial charge on any atom is -0.497 e. The van der Waals surface area contributed by atoms with Crippen LogP contribution in [0.4, 0.5) is 0 Å². The average Bonchev–Trinajstić information content (AvgIpc) is 3.25. The largest absolute Gasteiger partial charge is 0.497 e. The summed E-state index contributed by atoms with van der Waals surface area (Å²) in [5.41, 5.74) is 4.29. The first-order valence-corrected chi connectivity index (χ1v) is 8.58. The average molecular weight is 363 g/mol. The van der Waals surface area contributed by atoms with E-state index in [1.165, 1.54) is 0 Å². The minimum absolute atomic E-state index is 0.124. The van der Waals surface area contributed by atoms with Crippen LogP contribution in [0.1, 0.15) is 27.3 Å². The SMILES string of the molecule is COc1ccc(-n2nnc(C(=O)Cc3ccc4c(c3)B(O)OC4)c2C)cc1. The number of hydrogen-bond acceptors (Lipinski definition) is 6. The predicted octanol–water partition coefficient (Wildman–Crippen LogP) is 1.23. The lowest BCUT2D eigenvalue weighted by Gasteiger charge is -2.06. The zero-order chi connectivity index (χ0) is 19.0. The van der Waals surface area contributed by atoms with Gasteiger partial charge in [-0.2, -0.15) is 0 Å². The molecule has 0 bridgehead atoms. The van der Waals surface area contributed by atoms with E-state index < -0.39 is 7.12 Å². The zero-order valence-electron chi connectivity index (χ0n) is 15.0. The number of nitrogens with zero attached hydrogens (tertiary/aromatic N) is 3. The van der Waals surface area contributed by atoms with E-state index in [0.717, 1.165) is 28.0 Å². The highest BCUT2D eigenvalue weighted by molar-refractivity contribution is 6.61. The van der Waals surface area contributed by atoms with E-state index in [9.17, 15) is 9.82 Å². The molecule has 0 fully saturated rings. The maximum atomic E-state index is 12.7. The first-order chi connectivity index (χ1) is 13.1. The van der Waals surface area contributed by atoms with E-state index in [1.807, 2.05) is 49.4 Å². The Balaban J connectivity index is 1.56. The molecule has 0 spiro atoms. The maximum absolute atomic E-state index is 12.7. The van der Waals surface area contributed by atoms with Crippen LogP contribution in [0.2, 0.25) is 0 Å². The highest BCUT2D eigenvalue weighted by Gasteiger charge is 2.27. The van der Waals surface area contributed by atoms with Crippen molar-refractivity contribution in [2.24, 2.45) is 0 Å². The number of carbonyl (C=O) groups excluding carboxylic acids is 1. The second kappa shape index (κ2) is 6.98. The van der Waals surface area contributed by atoms with Crippen LogP contribution in [0, 0.1) is 6.92 Å². The van der Waals surface area contributed by atoms with E-state index in [1.54, 1.807) is 11.8 Å². The Labute approximate surface area is 156 Å². The number of methoxy groups -OCH3 is 1. The Morgan fingerprint density at radius 3 is 2.81 bits per heavy atom. The van der Waals surface area contributed by atoms with Gasteiger partial charge in [0.05, 0.1) is 25.1 Å². The van der Waals surface area contributed by atoms with E-state index in [2.05, 4.69) is 10.3 Å². The van der Waals surface area contributed by atoms with Gasteiger partial charge in [0, 0.05) is 6.42 Å². The molecule has 0 saturated carbocycles. The Bertz CT molecular complexity index is 1000. The highest BCUT2D eigenvalue weighted by Crippen LogP contribution is 2.18. The molecule has 0 aliphatic carbocycles. The van der Waals surface area contributed by atoms with Gasteiger partial charge in [0.1, 0.15) is 5.75 Å². The fourth-order valence-electron chi connectivity index (χ4n) is 3.20. The van der Waals surface area contributed by atoms with Crippen molar-refractivity contribution < 1.29 is 19.2 Å². The molecule has 0 radical (unpaired) electrons. The summed E-state index contributed by atoms with van der Waals surface area (Å²) in [5.74, 6) is 0.621. The fourth-order valence-corrected chi connectivity index (χ4v) is 3.20. The maximum Gasteiger partial charge on any atom is 0.491 e. The van der Waals surface area contributed by atoms with Gasteiger partial charge in [0.2, 0.25) is 0 Å². The highest BCUT2D eigenvalue weighted by atomic mass is 16.5. The summed E-state index contributed by atoms with van der Waals surface area (Å²) in [5, 5.41) is 18.0. The summed E-state index contributed by atoms with van der Waals surface area (Å²) in [6.07, 6.45) is 0.183. The summed E-state index contributed by atoms with van der Waals surface area (Å²) in [7, 11) is 0.684. The standard InChI is InChI=1S/C19H18BN3O4/c1-12-19(21-22-23(12)15-5-7-16(26-2)8-6-15)18(24)10-13-3-4-14-11-27-20(25)17(14)9-13/h3-9,25H,10-11H2,1-2H3. The molecule has 3 aromatic rings. The van der Waals surface area contributed by atoms with E-state index in [4.69, 9.17) is 9.39 Å². The number of rotatable bonds is 5. The number of ether oxygens (including phenoxy) is 1. The van der Waals surface area contributed by atoms with Crippen molar-refractivity contribution in [3.8, 4) is 11.4 Å². The minimum atomic E-state index is -0.923. The topological polar surface area (TPSA) is 86.5 Å². The molecular weight excluding hydrogens is 345 g/mol. The third kappa shape index (κ3) is 3.25. The van der Waals surface area contributed by atoms with Crippen LogP contribution in [0.5, 0.6) is 5.75 Å². The van der Waals surface area contributed by atoms with Crippen LogP contribution in [0.3, 0.4) is 0 Å². The lowest BCUT2D eigenvalue weighted by atomic mass is 9.78. The molecule has 8 heteroatoms. The second-order valence-electron chi connectivity index (χ2n) is 6.43. The van der Waals surface area contributed by atoms with Crippen molar-refractivity contribution >= 4 is 18.4 Å². The summed E-state index contributed by atoms with van der Waals surface area (Å²) >= 11 is 0. The van der Waals surface area contributed by atoms with Crippen LogP contribution in [-0.4, -0.2) is 40.0 Å². The molecule has 2 aromatic carbocycles. The van der Waals surface area contributed by atoms with Crippen LogP contribution in [-0.2, 0) is 17.7 Å². The lowest BCUT2D eigenvalue weighted by molar-refractivity contribution is 0.0987. The normalized spacial score (nSPS) is 12.9. The van der Waals surface area contributed by atoms with Crippen LogP contribution < -0.4 is 10.2 Å². The molecule has 1 N–H and O–H groups in total. The lowest BCUT2D eigenvalue weighted by Crippen LogP contribution is -2.28. The smallest absolute Gasteiger partial charge is 0.491 e. The van der Waals surface area contributed by atoms with Gasteiger partial charge in [-0.3, -0.25) is 4.79 Å². The molecule has 1 aliphatic heterocycles. The summed E-state index contributed by atoms with van der Waals surface area (Å²) in [6, 6.07) is 12.9. The number of ketones is 1. The van der Waals surface area contributed by atoms with Crippen molar-refractivity contribution in [2.75, 3.05) is 7.11 Å². The number of fused-ring (bicyclic) bond motifs is 1. The quantitative estimate of drug-likeness (QED) is 0.542. The molecule has 0 saturated heterocycles. The van der Waals surface area contributed by atoms with Gasteiger partial charge < -0.3 is 14.4 Å². The van der Waals surface area contributed by atoms with Gasteiger partial charge in [-0.15, -0.1) is 5.10 Å². The second-order valence-corrected chi connectivity index (χ2v) is 6.43. The van der Waals surface area contributed by atoms with Gasteiger partial charge in [-0.1, -0.05) is 23.4 Å². The summed E-state index contributed by atoms with van der Waals surface area (Å²) in [4.78, 5) is 12.7. The first kappa shape index (κ1) is 17.4. The van der Waals surface area contributed by atoms with E-state index >= 15 is 0 Å². The van der Waals surface area contributed by atoms with Crippen molar-refractivity contribution in [1.29, 1.82) is 0 Å². The third-order valence-electron chi connectivity index (χ3n) is 4.71.